The van der Waals surface area contributed by atoms with Gasteiger partial charge in [0.2, 0.25) is 11.8 Å². The lowest BCUT2D eigenvalue weighted by molar-refractivity contribution is 0.306. The summed E-state index contributed by atoms with van der Waals surface area (Å²) in [5.41, 5.74) is 1.03. The van der Waals surface area contributed by atoms with Gasteiger partial charge in [-0.05, 0) is 25.0 Å². The molecule has 0 bridgehead atoms. The molecule has 0 saturated heterocycles. The van der Waals surface area contributed by atoms with Crippen LogP contribution < -0.4 is 4.74 Å². The fourth-order valence-electron chi connectivity index (χ4n) is 3.00. The van der Waals surface area contributed by atoms with E-state index < -0.39 is 0 Å². The van der Waals surface area contributed by atoms with Gasteiger partial charge in [-0.25, -0.2) is 14.6 Å². The highest BCUT2D eigenvalue weighted by molar-refractivity contribution is 5.23. The van der Waals surface area contributed by atoms with E-state index in [-0.39, 0.29) is 5.92 Å². The summed E-state index contributed by atoms with van der Waals surface area (Å²) in [6, 6.07) is 3.80. The maximum Gasteiger partial charge on any atom is 0.231 e. The molecule has 4 rings (SSSR count). The van der Waals surface area contributed by atoms with Crippen molar-refractivity contribution in [3.63, 3.8) is 0 Å². The maximum absolute atomic E-state index is 5.49. The number of hydrogen-bond acceptors (Lipinski definition) is 7. The Kier molecular flexibility index (Phi) is 3.72. The maximum atomic E-state index is 5.49. The third kappa shape index (κ3) is 2.86. The Morgan fingerprint density at radius 1 is 1.38 bits per heavy atom. The molecule has 1 aliphatic heterocycles. The number of methoxy groups -OCH3 is 1. The van der Waals surface area contributed by atoms with E-state index in [1.54, 1.807) is 13.3 Å². The number of fused-ring (bicyclic) bond motifs is 1. The molecule has 3 aromatic rings. The Morgan fingerprint density at radius 2 is 2.29 bits per heavy atom. The predicted molar refractivity (Wildman–Crippen MR) is 83.7 cm³/mol. The molecular weight excluding hydrogens is 308 g/mol. The summed E-state index contributed by atoms with van der Waals surface area (Å²) in [5.74, 6) is 3.95. The molecule has 4 heterocycles. The van der Waals surface area contributed by atoms with Gasteiger partial charge < -0.3 is 9.26 Å². The molecular formula is C16H18N6O2. The number of hydrogen-bond donors (Lipinski definition) is 0. The fraction of sp³-hybridized carbons (Fsp3) is 0.438. The van der Waals surface area contributed by atoms with Crippen LogP contribution in [0.4, 0.5) is 0 Å². The smallest absolute Gasteiger partial charge is 0.231 e. The van der Waals surface area contributed by atoms with Crippen molar-refractivity contribution in [3.05, 3.63) is 47.3 Å². The van der Waals surface area contributed by atoms with Crippen molar-refractivity contribution in [2.45, 2.75) is 38.6 Å². The summed E-state index contributed by atoms with van der Waals surface area (Å²) < 4.78 is 12.6. The second kappa shape index (κ2) is 6.03. The van der Waals surface area contributed by atoms with Gasteiger partial charge >= 0.3 is 0 Å². The number of aryl methyl sites for hydroxylation is 2. The lowest BCUT2D eigenvalue weighted by Crippen LogP contribution is -2.20. The molecule has 0 N–H and O–H groups in total. The second-order valence-corrected chi connectivity index (χ2v) is 5.93. The fourth-order valence-corrected chi connectivity index (χ4v) is 3.00. The van der Waals surface area contributed by atoms with E-state index in [1.165, 1.54) is 0 Å². The van der Waals surface area contributed by atoms with Crippen molar-refractivity contribution in [1.29, 1.82) is 0 Å². The number of nitrogens with zero attached hydrogens (tertiary/aromatic N) is 6. The highest BCUT2D eigenvalue weighted by Gasteiger charge is 2.26. The highest BCUT2D eigenvalue weighted by Crippen LogP contribution is 2.27. The quantitative estimate of drug-likeness (QED) is 0.720. The van der Waals surface area contributed by atoms with Crippen molar-refractivity contribution in [2.75, 3.05) is 7.11 Å². The third-order valence-corrected chi connectivity index (χ3v) is 4.17. The topological polar surface area (TPSA) is 91.8 Å². The molecule has 0 fully saturated rings. The monoisotopic (exact) mass is 326 g/mol. The minimum Gasteiger partial charge on any atom is -0.481 e. The van der Waals surface area contributed by atoms with E-state index in [0.717, 1.165) is 36.6 Å². The van der Waals surface area contributed by atoms with E-state index in [9.17, 15) is 0 Å². The molecule has 24 heavy (non-hydrogen) atoms. The lowest BCUT2D eigenvalue weighted by Gasteiger charge is -2.18. The molecule has 3 aromatic heterocycles. The number of ether oxygens (including phenoxy) is 1. The van der Waals surface area contributed by atoms with Gasteiger partial charge in [-0.1, -0.05) is 5.16 Å². The van der Waals surface area contributed by atoms with Gasteiger partial charge in [0.05, 0.1) is 19.6 Å². The number of rotatable bonds is 4. The molecule has 0 spiro atoms. The molecule has 124 valence electrons. The first kappa shape index (κ1) is 14.8. The van der Waals surface area contributed by atoms with E-state index in [1.807, 2.05) is 23.7 Å². The number of pyridine rings is 1. The molecule has 1 aliphatic rings. The van der Waals surface area contributed by atoms with Crippen LogP contribution in [0.5, 0.6) is 5.88 Å². The average Bonchev–Trinajstić information content (AvgIpc) is 3.19. The molecule has 1 unspecified atom stereocenters. The largest absolute Gasteiger partial charge is 0.481 e. The standard InChI is InChI=1S/C16H18N6O2/c1-10-18-14-4-3-12(9-22(14)20-10)16-19-13(21-24-16)7-11-5-6-17-15(8-11)23-2/h5-6,8,12H,3-4,7,9H2,1-2H3. The van der Waals surface area contributed by atoms with Crippen LogP contribution in [0.15, 0.2) is 22.9 Å². The summed E-state index contributed by atoms with van der Waals surface area (Å²) in [6.07, 6.45) is 4.13. The van der Waals surface area contributed by atoms with Crippen molar-refractivity contribution in [2.24, 2.45) is 0 Å². The first-order valence-corrected chi connectivity index (χ1v) is 7.93. The van der Waals surface area contributed by atoms with Gasteiger partial charge in [-0.15, -0.1) is 0 Å². The summed E-state index contributed by atoms with van der Waals surface area (Å²) >= 11 is 0. The van der Waals surface area contributed by atoms with Crippen molar-refractivity contribution in [1.82, 2.24) is 29.9 Å². The molecule has 0 amide bonds. The van der Waals surface area contributed by atoms with E-state index in [4.69, 9.17) is 9.26 Å². The van der Waals surface area contributed by atoms with Gasteiger partial charge in [0.15, 0.2) is 5.82 Å². The van der Waals surface area contributed by atoms with E-state index in [2.05, 4.69) is 25.2 Å². The van der Waals surface area contributed by atoms with Gasteiger partial charge in [0.25, 0.3) is 0 Å². The Morgan fingerprint density at radius 3 is 3.17 bits per heavy atom. The van der Waals surface area contributed by atoms with Gasteiger partial charge in [-0.2, -0.15) is 10.1 Å². The third-order valence-electron chi connectivity index (χ3n) is 4.17. The van der Waals surface area contributed by atoms with Gasteiger partial charge in [-0.3, -0.25) is 0 Å². The van der Waals surface area contributed by atoms with Crippen LogP contribution in [0.25, 0.3) is 0 Å². The summed E-state index contributed by atoms with van der Waals surface area (Å²) in [5, 5.41) is 8.53. The Bertz CT molecular complexity index is 856. The molecule has 8 nitrogen and oxygen atoms in total. The molecule has 1 atom stereocenters. The van der Waals surface area contributed by atoms with Crippen LogP contribution >= 0.6 is 0 Å². The van der Waals surface area contributed by atoms with Crippen LogP contribution in [0.3, 0.4) is 0 Å². The second-order valence-electron chi connectivity index (χ2n) is 5.93. The SMILES string of the molecule is COc1cc(Cc2noc(C3CCc4nc(C)nn4C3)n2)ccn1. The van der Waals surface area contributed by atoms with E-state index in [0.29, 0.717) is 24.0 Å². The van der Waals surface area contributed by atoms with Gasteiger partial charge in [0, 0.05) is 25.1 Å². The lowest BCUT2D eigenvalue weighted by atomic mass is 10.00. The predicted octanol–water partition coefficient (Wildman–Crippen LogP) is 1.69. The zero-order valence-corrected chi connectivity index (χ0v) is 13.6. The molecule has 0 aromatic carbocycles. The Balaban J connectivity index is 1.49. The van der Waals surface area contributed by atoms with Crippen molar-refractivity contribution >= 4 is 0 Å². The van der Waals surface area contributed by atoms with Crippen molar-refractivity contribution in [3.8, 4) is 5.88 Å². The first-order chi connectivity index (χ1) is 11.7. The van der Waals surface area contributed by atoms with Crippen LogP contribution in [0, 0.1) is 6.92 Å². The molecule has 0 aliphatic carbocycles. The minimum absolute atomic E-state index is 0.187. The summed E-state index contributed by atoms with van der Waals surface area (Å²) in [6.45, 7) is 2.65. The first-order valence-electron chi connectivity index (χ1n) is 7.93. The Hall–Kier alpha value is -2.77. The normalized spacial score (nSPS) is 16.8. The van der Waals surface area contributed by atoms with Gasteiger partial charge in [0.1, 0.15) is 11.6 Å². The summed E-state index contributed by atoms with van der Waals surface area (Å²) in [4.78, 5) is 13.1. The van der Waals surface area contributed by atoms with E-state index >= 15 is 0 Å². The van der Waals surface area contributed by atoms with Crippen LogP contribution in [-0.2, 0) is 19.4 Å². The van der Waals surface area contributed by atoms with Crippen LogP contribution in [0.2, 0.25) is 0 Å². The van der Waals surface area contributed by atoms with Crippen LogP contribution in [-0.4, -0.2) is 37.0 Å². The zero-order valence-electron chi connectivity index (χ0n) is 13.6. The van der Waals surface area contributed by atoms with Crippen LogP contribution in [0.1, 0.15) is 41.3 Å². The Labute approximate surface area is 138 Å². The average molecular weight is 326 g/mol. The zero-order chi connectivity index (χ0) is 16.5. The minimum atomic E-state index is 0.187. The van der Waals surface area contributed by atoms with Crippen molar-refractivity contribution < 1.29 is 9.26 Å². The summed E-state index contributed by atoms with van der Waals surface area (Å²) in [7, 11) is 1.60. The highest BCUT2D eigenvalue weighted by atomic mass is 16.5. The molecule has 0 radical (unpaired) electrons. The number of aromatic nitrogens is 6. The molecule has 8 heteroatoms. The molecule has 0 saturated carbocycles.